The molecule has 3 N–H and O–H groups in total. The van der Waals surface area contributed by atoms with E-state index in [0.717, 1.165) is 12.2 Å². The quantitative estimate of drug-likeness (QED) is 0.629. The molecule has 6 nitrogen and oxygen atoms in total. The van der Waals surface area contributed by atoms with Gasteiger partial charge in [-0.1, -0.05) is 18.5 Å². The van der Waals surface area contributed by atoms with Gasteiger partial charge in [0, 0.05) is 0 Å². The SMILES string of the molecule is CCCOc1ccc(Oc2nc(NN)ncc2Cl)cc1. The highest BCUT2D eigenvalue weighted by molar-refractivity contribution is 6.31. The second-order valence-electron chi connectivity index (χ2n) is 3.91. The van der Waals surface area contributed by atoms with Gasteiger partial charge in [-0.2, -0.15) is 4.98 Å². The molecule has 7 heteroatoms. The lowest BCUT2D eigenvalue weighted by Gasteiger charge is -2.09. The average Bonchev–Trinajstić information content (AvgIpc) is 2.49. The van der Waals surface area contributed by atoms with Crippen molar-refractivity contribution in [3.05, 3.63) is 35.5 Å². The minimum atomic E-state index is 0.229. The minimum Gasteiger partial charge on any atom is -0.494 e. The van der Waals surface area contributed by atoms with E-state index in [4.69, 9.17) is 26.9 Å². The lowest BCUT2D eigenvalue weighted by molar-refractivity contribution is 0.317. The minimum absolute atomic E-state index is 0.229. The zero-order chi connectivity index (χ0) is 14.4. The summed E-state index contributed by atoms with van der Waals surface area (Å²) < 4.78 is 11.1. The van der Waals surface area contributed by atoms with Crippen molar-refractivity contribution in [2.24, 2.45) is 5.84 Å². The Kier molecular flexibility index (Phi) is 4.97. The van der Waals surface area contributed by atoms with Crippen LogP contribution in [0, 0.1) is 0 Å². The summed E-state index contributed by atoms with van der Waals surface area (Å²) in [6.07, 6.45) is 2.38. The molecule has 0 saturated heterocycles. The Labute approximate surface area is 121 Å². The number of benzene rings is 1. The average molecular weight is 295 g/mol. The summed E-state index contributed by atoms with van der Waals surface area (Å²) in [5.74, 6) is 7.08. The van der Waals surface area contributed by atoms with Crippen LogP contribution in [0.25, 0.3) is 0 Å². The van der Waals surface area contributed by atoms with Gasteiger partial charge in [0.1, 0.15) is 16.5 Å². The molecule has 1 aromatic heterocycles. The van der Waals surface area contributed by atoms with Crippen LogP contribution in [0.3, 0.4) is 0 Å². The Bertz CT molecular complexity index is 563. The van der Waals surface area contributed by atoms with Gasteiger partial charge in [0.05, 0.1) is 12.8 Å². The van der Waals surface area contributed by atoms with E-state index >= 15 is 0 Å². The number of nitrogens with two attached hydrogens (primary N) is 1. The van der Waals surface area contributed by atoms with Crippen molar-refractivity contribution >= 4 is 17.5 Å². The van der Waals surface area contributed by atoms with Crippen molar-refractivity contribution in [3.8, 4) is 17.4 Å². The number of hydrogen-bond acceptors (Lipinski definition) is 6. The highest BCUT2D eigenvalue weighted by atomic mass is 35.5. The van der Waals surface area contributed by atoms with Crippen molar-refractivity contribution < 1.29 is 9.47 Å². The first-order valence-corrected chi connectivity index (χ1v) is 6.50. The van der Waals surface area contributed by atoms with Crippen molar-refractivity contribution in [1.82, 2.24) is 9.97 Å². The molecule has 2 aromatic rings. The third-order valence-corrected chi connectivity index (χ3v) is 2.61. The summed E-state index contributed by atoms with van der Waals surface area (Å²) >= 11 is 5.96. The molecule has 0 saturated carbocycles. The first-order valence-electron chi connectivity index (χ1n) is 6.12. The van der Waals surface area contributed by atoms with Crippen LogP contribution >= 0.6 is 11.6 Å². The number of halogens is 1. The lowest BCUT2D eigenvalue weighted by atomic mass is 10.3. The van der Waals surface area contributed by atoms with Crippen LogP contribution in [0.2, 0.25) is 5.02 Å². The number of rotatable bonds is 6. The van der Waals surface area contributed by atoms with Gasteiger partial charge >= 0.3 is 0 Å². The standard InChI is InChI=1S/C13H15ClN4O2/c1-2-7-19-9-3-5-10(6-4-9)20-12-11(14)8-16-13(17-12)18-15/h3-6,8H,2,7,15H2,1H3,(H,16,17,18). The van der Waals surface area contributed by atoms with Crippen molar-refractivity contribution in [2.45, 2.75) is 13.3 Å². The summed E-state index contributed by atoms with van der Waals surface area (Å²) in [5.41, 5.74) is 2.33. The normalized spacial score (nSPS) is 10.2. The van der Waals surface area contributed by atoms with Gasteiger partial charge < -0.3 is 9.47 Å². The number of hydrogen-bond donors (Lipinski definition) is 2. The molecule has 0 amide bonds. The fourth-order valence-corrected chi connectivity index (χ4v) is 1.56. The zero-order valence-electron chi connectivity index (χ0n) is 11.0. The monoisotopic (exact) mass is 294 g/mol. The number of nitrogens with one attached hydrogen (secondary N) is 1. The molecule has 0 unspecified atom stereocenters. The smallest absolute Gasteiger partial charge is 0.243 e. The maximum atomic E-state index is 5.96. The number of nitrogen functional groups attached to an aromatic ring is 1. The van der Waals surface area contributed by atoms with Gasteiger partial charge in [-0.3, -0.25) is 5.43 Å². The topological polar surface area (TPSA) is 82.3 Å². The van der Waals surface area contributed by atoms with E-state index in [1.165, 1.54) is 6.20 Å². The number of aromatic nitrogens is 2. The molecular formula is C13H15ClN4O2. The van der Waals surface area contributed by atoms with Crippen LogP contribution in [0.1, 0.15) is 13.3 Å². The van der Waals surface area contributed by atoms with E-state index in [2.05, 4.69) is 22.3 Å². The molecule has 0 radical (unpaired) electrons. The Morgan fingerprint density at radius 3 is 2.60 bits per heavy atom. The lowest BCUT2D eigenvalue weighted by Crippen LogP contribution is -2.10. The summed E-state index contributed by atoms with van der Waals surface area (Å²) in [7, 11) is 0. The van der Waals surface area contributed by atoms with Crippen LogP contribution in [0.15, 0.2) is 30.5 Å². The van der Waals surface area contributed by atoms with E-state index in [-0.39, 0.29) is 11.8 Å². The van der Waals surface area contributed by atoms with Gasteiger partial charge in [-0.05, 0) is 30.7 Å². The Balaban J connectivity index is 2.09. The van der Waals surface area contributed by atoms with E-state index in [0.29, 0.717) is 17.4 Å². The Hall–Kier alpha value is -2.05. The molecule has 0 aliphatic heterocycles. The molecule has 20 heavy (non-hydrogen) atoms. The number of nitrogens with zero attached hydrogens (tertiary/aromatic N) is 2. The second kappa shape index (κ2) is 6.93. The predicted molar refractivity (Wildman–Crippen MR) is 77.2 cm³/mol. The van der Waals surface area contributed by atoms with E-state index in [1.807, 2.05) is 12.1 Å². The third kappa shape index (κ3) is 3.72. The van der Waals surface area contributed by atoms with Crippen molar-refractivity contribution in [2.75, 3.05) is 12.0 Å². The van der Waals surface area contributed by atoms with Gasteiger partial charge in [0.25, 0.3) is 0 Å². The van der Waals surface area contributed by atoms with E-state index in [9.17, 15) is 0 Å². The molecule has 0 aliphatic carbocycles. The fourth-order valence-electron chi connectivity index (χ4n) is 1.43. The van der Waals surface area contributed by atoms with Gasteiger partial charge in [0.2, 0.25) is 11.8 Å². The number of hydrazine groups is 1. The van der Waals surface area contributed by atoms with Crippen molar-refractivity contribution in [1.29, 1.82) is 0 Å². The van der Waals surface area contributed by atoms with Gasteiger partial charge in [0.15, 0.2) is 0 Å². The first kappa shape index (κ1) is 14.4. The number of ether oxygens (including phenoxy) is 2. The van der Waals surface area contributed by atoms with Gasteiger partial charge in [-0.25, -0.2) is 10.8 Å². The first-order chi connectivity index (χ1) is 9.72. The van der Waals surface area contributed by atoms with E-state index in [1.54, 1.807) is 12.1 Å². The molecule has 0 atom stereocenters. The molecule has 0 fully saturated rings. The maximum Gasteiger partial charge on any atom is 0.243 e. The van der Waals surface area contributed by atoms with Crippen LogP contribution in [-0.4, -0.2) is 16.6 Å². The van der Waals surface area contributed by atoms with Crippen molar-refractivity contribution in [3.63, 3.8) is 0 Å². The molecule has 1 heterocycles. The summed E-state index contributed by atoms with van der Waals surface area (Å²) in [4.78, 5) is 7.89. The zero-order valence-corrected chi connectivity index (χ0v) is 11.7. The van der Waals surface area contributed by atoms with E-state index < -0.39 is 0 Å². The molecular weight excluding hydrogens is 280 g/mol. The highest BCUT2D eigenvalue weighted by Crippen LogP contribution is 2.28. The van der Waals surface area contributed by atoms with Crippen LogP contribution in [0.4, 0.5) is 5.95 Å². The largest absolute Gasteiger partial charge is 0.494 e. The Morgan fingerprint density at radius 1 is 1.25 bits per heavy atom. The molecule has 0 bridgehead atoms. The van der Waals surface area contributed by atoms with Crippen LogP contribution in [-0.2, 0) is 0 Å². The highest BCUT2D eigenvalue weighted by Gasteiger charge is 2.07. The summed E-state index contributed by atoms with van der Waals surface area (Å²) in [6, 6.07) is 7.20. The molecule has 106 valence electrons. The predicted octanol–water partition coefficient (Wildman–Crippen LogP) is 3.00. The molecule has 1 aromatic carbocycles. The Morgan fingerprint density at radius 2 is 1.95 bits per heavy atom. The van der Waals surface area contributed by atoms with Crippen LogP contribution < -0.4 is 20.7 Å². The third-order valence-electron chi connectivity index (χ3n) is 2.35. The number of anilines is 1. The molecule has 2 rings (SSSR count). The second-order valence-corrected chi connectivity index (χ2v) is 4.32. The fraction of sp³-hybridized carbons (Fsp3) is 0.231. The summed E-state index contributed by atoms with van der Waals surface area (Å²) in [5, 5.41) is 0.301. The molecule has 0 spiro atoms. The van der Waals surface area contributed by atoms with Gasteiger partial charge in [-0.15, -0.1) is 0 Å². The molecule has 0 aliphatic rings. The summed E-state index contributed by atoms with van der Waals surface area (Å²) in [6.45, 7) is 2.74. The maximum absolute atomic E-state index is 5.96. The van der Waals surface area contributed by atoms with Crippen LogP contribution in [0.5, 0.6) is 17.4 Å².